The van der Waals surface area contributed by atoms with E-state index in [-0.39, 0.29) is 5.75 Å². The number of allylic oxidation sites excluding steroid dienone is 1. The van der Waals surface area contributed by atoms with Crippen LogP contribution in [0.15, 0.2) is 46.9 Å². The Morgan fingerprint density at radius 3 is 2.53 bits per heavy atom. The molecule has 78 valence electrons. The lowest BCUT2D eigenvalue weighted by Gasteiger charge is -2.00. The molecule has 1 aromatic carbocycles. The molecule has 0 atom stereocenters. The van der Waals surface area contributed by atoms with E-state index in [2.05, 4.69) is 5.92 Å². The van der Waals surface area contributed by atoms with Crippen LogP contribution in [0.5, 0.6) is 0 Å². The van der Waals surface area contributed by atoms with Crippen LogP contribution in [0.3, 0.4) is 0 Å². The molecule has 0 aromatic heterocycles. The third-order valence-corrected chi connectivity index (χ3v) is 3.53. The van der Waals surface area contributed by atoms with Crippen LogP contribution in [0.2, 0.25) is 0 Å². The van der Waals surface area contributed by atoms with Crippen LogP contribution in [-0.4, -0.2) is 14.2 Å². The maximum atomic E-state index is 11.7. The summed E-state index contributed by atoms with van der Waals surface area (Å²) in [4.78, 5) is 0.325. The standard InChI is InChI=1S/C12H12O2S/c1-3-11(2)9-10-15(13,14)12-7-5-4-6-8-12/h1,4-9H,10H2,2H3/b11-9-. The second-order valence-corrected chi connectivity index (χ2v) is 5.16. The summed E-state index contributed by atoms with van der Waals surface area (Å²) in [5, 5.41) is 0. The Kier molecular flexibility index (Phi) is 3.70. The molecule has 0 fully saturated rings. The molecule has 1 aromatic rings. The minimum absolute atomic E-state index is 0.0486. The largest absolute Gasteiger partial charge is 0.223 e. The van der Waals surface area contributed by atoms with Crippen molar-refractivity contribution < 1.29 is 8.42 Å². The highest BCUT2D eigenvalue weighted by atomic mass is 32.2. The number of sulfone groups is 1. The highest BCUT2D eigenvalue weighted by Crippen LogP contribution is 2.10. The van der Waals surface area contributed by atoms with Crippen LogP contribution in [0.25, 0.3) is 0 Å². The van der Waals surface area contributed by atoms with E-state index in [1.54, 1.807) is 43.3 Å². The van der Waals surface area contributed by atoms with E-state index in [1.807, 2.05) is 0 Å². The van der Waals surface area contributed by atoms with Gasteiger partial charge in [-0.05, 0) is 24.6 Å². The van der Waals surface area contributed by atoms with Crippen LogP contribution >= 0.6 is 0 Å². The molecule has 0 aliphatic rings. The summed E-state index contributed by atoms with van der Waals surface area (Å²) in [7, 11) is -3.24. The van der Waals surface area contributed by atoms with Crippen LogP contribution in [0.4, 0.5) is 0 Å². The van der Waals surface area contributed by atoms with Crippen molar-refractivity contribution in [1.82, 2.24) is 0 Å². The highest BCUT2D eigenvalue weighted by Gasteiger charge is 2.11. The summed E-state index contributed by atoms with van der Waals surface area (Å²) in [6.45, 7) is 1.71. The maximum absolute atomic E-state index is 11.7. The van der Waals surface area contributed by atoms with Crippen LogP contribution in [-0.2, 0) is 9.84 Å². The van der Waals surface area contributed by atoms with Crippen molar-refractivity contribution in [3.8, 4) is 12.3 Å². The van der Waals surface area contributed by atoms with Gasteiger partial charge in [-0.1, -0.05) is 30.2 Å². The first-order valence-electron chi connectivity index (χ1n) is 4.47. The Morgan fingerprint density at radius 2 is 2.00 bits per heavy atom. The van der Waals surface area contributed by atoms with Gasteiger partial charge in [-0.2, -0.15) is 0 Å². The summed E-state index contributed by atoms with van der Waals surface area (Å²) in [5.41, 5.74) is 0.634. The molecule has 0 saturated heterocycles. The number of benzene rings is 1. The molecule has 0 saturated carbocycles. The number of rotatable bonds is 3. The molecule has 0 unspecified atom stereocenters. The lowest BCUT2D eigenvalue weighted by atomic mass is 10.3. The third kappa shape index (κ3) is 3.26. The molecular formula is C12H12O2S. The lowest BCUT2D eigenvalue weighted by molar-refractivity contribution is 0.599. The van der Waals surface area contributed by atoms with E-state index < -0.39 is 9.84 Å². The van der Waals surface area contributed by atoms with E-state index in [1.165, 1.54) is 0 Å². The van der Waals surface area contributed by atoms with Gasteiger partial charge in [0.1, 0.15) is 0 Å². The molecule has 0 heterocycles. The summed E-state index contributed by atoms with van der Waals surface area (Å²) in [6.07, 6.45) is 6.67. The SMILES string of the molecule is C#C/C(C)=C\CS(=O)(=O)c1ccccc1. The molecule has 0 bridgehead atoms. The first-order valence-corrected chi connectivity index (χ1v) is 6.12. The molecule has 0 radical (unpaired) electrons. The van der Waals surface area contributed by atoms with Gasteiger partial charge in [-0.25, -0.2) is 8.42 Å². The average Bonchev–Trinajstić information content (AvgIpc) is 2.27. The summed E-state index contributed by atoms with van der Waals surface area (Å²) < 4.78 is 23.5. The normalized spacial score (nSPS) is 12.1. The Balaban J connectivity index is 2.93. The predicted molar refractivity (Wildman–Crippen MR) is 61.1 cm³/mol. The fourth-order valence-electron chi connectivity index (χ4n) is 1.02. The van der Waals surface area contributed by atoms with Gasteiger partial charge in [-0.15, -0.1) is 6.42 Å². The summed E-state index contributed by atoms with van der Waals surface area (Å²) in [5.74, 6) is 2.34. The van der Waals surface area contributed by atoms with E-state index in [9.17, 15) is 8.42 Å². The van der Waals surface area contributed by atoms with Crippen LogP contribution in [0.1, 0.15) is 6.92 Å². The Bertz CT molecular complexity index is 490. The molecule has 0 N–H and O–H groups in total. The van der Waals surface area contributed by atoms with Gasteiger partial charge in [0, 0.05) is 0 Å². The quantitative estimate of drug-likeness (QED) is 0.730. The summed E-state index contributed by atoms with van der Waals surface area (Å²) >= 11 is 0. The molecule has 0 spiro atoms. The van der Waals surface area contributed by atoms with Crippen molar-refractivity contribution in [3.63, 3.8) is 0 Å². The van der Waals surface area contributed by atoms with Gasteiger partial charge >= 0.3 is 0 Å². The number of terminal acetylenes is 1. The lowest BCUT2D eigenvalue weighted by Crippen LogP contribution is -2.04. The monoisotopic (exact) mass is 220 g/mol. The third-order valence-electron chi connectivity index (χ3n) is 1.94. The summed E-state index contributed by atoms with van der Waals surface area (Å²) in [6, 6.07) is 8.33. The zero-order valence-corrected chi connectivity index (χ0v) is 9.29. The number of hydrogen-bond donors (Lipinski definition) is 0. The van der Waals surface area contributed by atoms with E-state index in [4.69, 9.17) is 6.42 Å². The van der Waals surface area contributed by atoms with Gasteiger partial charge in [0.2, 0.25) is 0 Å². The molecule has 2 nitrogen and oxygen atoms in total. The fourth-order valence-corrected chi connectivity index (χ4v) is 2.25. The average molecular weight is 220 g/mol. The maximum Gasteiger partial charge on any atom is 0.181 e. The highest BCUT2D eigenvalue weighted by molar-refractivity contribution is 7.91. The van der Waals surface area contributed by atoms with Crippen molar-refractivity contribution >= 4 is 9.84 Å². The second-order valence-electron chi connectivity index (χ2n) is 3.13. The van der Waals surface area contributed by atoms with E-state index in [0.29, 0.717) is 10.5 Å². The number of hydrogen-bond acceptors (Lipinski definition) is 2. The van der Waals surface area contributed by atoms with E-state index >= 15 is 0 Å². The molecule has 3 heteroatoms. The Morgan fingerprint density at radius 1 is 1.40 bits per heavy atom. The molecule has 1 rings (SSSR count). The minimum atomic E-state index is -3.24. The first kappa shape index (κ1) is 11.5. The van der Waals surface area contributed by atoms with Crippen molar-refractivity contribution in [2.45, 2.75) is 11.8 Å². The molecule has 0 aliphatic carbocycles. The second kappa shape index (κ2) is 4.81. The zero-order valence-electron chi connectivity index (χ0n) is 8.47. The van der Waals surface area contributed by atoms with Gasteiger partial charge in [-0.3, -0.25) is 0 Å². The van der Waals surface area contributed by atoms with Crippen molar-refractivity contribution in [3.05, 3.63) is 42.0 Å². The Hall–Kier alpha value is -1.53. The van der Waals surface area contributed by atoms with E-state index in [0.717, 1.165) is 0 Å². The predicted octanol–water partition coefficient (Wildman–Crippen LogP) is 2.04. The van der Waals surface area contributed by atoms with Crippen LogP contribution in [0, 0.1) is 12.3 Å². The molecule has 0 aliphatic heterocycles. The van der Waals surface area contributed by atoms with Gasteiger partial charge in [0.25, 0.3) is 0 Å². The fraction of sp³-hybridized carbons (Fsp3) is 0.167. The molecule has 15 heavy (non-hydrogen) atoms. The minimum Gasteiger partial charge on any atom is -0.223 e. The van der Waals surface area contributed by atoms with Crippen molar-refractivity contribution in [2.24, 2.45) is 0 Å². The first-order chi connectivity index (χ1) is 7.06. The Labute approximate surface area is 90.6 Å². The van der Waals surface area contributed by atoms with Crippen LogP contribution < -0.4 is 0 Å². The molecule has 0 amide bonds. The topological polar surface area (TPSA) is 34.1 Å². The van der Waals surface area contributed by atoms with Gasteiger partial charge in [0.05, 0.1) is 10.6 Å². The van der Waals surface area contributed by atoms with Gasteiger partial charge < -0.3 is 0 Å². The van der Waals surface area contributed by atoms with Gasteiger partial charge in [0.15, 0.2) is 9.84 Å². The zero-order chi connectivity index (χ0) is 11.3. The molecular weight excluding hydrogens is 208 g/mol. The van der Waals surface area contributed by atoms with Crippen molar-refractivity contribution in [1.29, 1.82) is 0 Å². The van der Waals surface area contributed by atoms with Crippen molar-refractivity contribution in [2.75, 3.05) is 5.75 Å². The smallest absolute Gasteiger partial charge is 0.181 e.